The molecule has 1 heterocycles. The fraction of sp³-hybridized carbons (Fsp3) is 0.727. The summed E-state index contributed by atoms with van der Waals surface area (Å²) in [5, 5.41) is 7.78. The number of nitrogens with zero attached hydrogens (tertiary/aromatic N) is 2. The summed E-state index contributed by atoms with van der Waals surface area (Å²) in [6.07, 6.45) is 4.10. The lowest BCUT2D eigenvalue weighted by molar-refractivity contribution is 0.421. The number of rotatable bonds is 5. The van der Waals surface area contributed by atoms with E-state index >= 15 is 0 Å². The van der Waals surface area contributed by atoms with E-state index in [2.05, 4.69) is 44.3 Å². The first kappa shape index (κ1) is 11.2. The van der Waals surface area contributed by atoms with Gasteiger partial charge in [-0.05, 0) is 19.4 Å². The van der Waals surface area contributed by atoms with Gasteiger partial charge in [0.25, 0.3) is 0 Å². The fourth-order valence-corrected chi connectivity index (χ4v) is 1.67. The number of hydrogen-bond acceptors (Lipinski definition) is 2. The summed E-state index contributed by atoms with van der Waals surface area (Å²) in [6, 6.07) is 0.431. The topological polar surface area (TPSA) is 29.9 Å². The van der Waals surface area contributed by atoms with Crippen molar-refractivity contribution in [3.8, 4) is 0 Å². The van der Waals surface area contributed by atoms with Crippen LogP contribution < -0.4 is 5.32 Å². The fourth-order valence-electron chi connectivity index (χ4n) is 1.67. The molecule has 0 bridgehead atoms. The van der Waals surface area contributed by atoms with E-state index in [4.69, 9.17) is 0 Å². The summed E-state index contributed by atoms with van der Waals surface area (Å²) >= 11 is 0. The summed E-state index contributed by atoms with van der Waals surface area (Å²) in [7, 11) is 0. The molecule has 0 aliphatic heterocycles. The molecule has 0 aromatic carbocycles. The third-order valence-electron chi connectivity index (χ3n) is 2.43. The molecule has 1 unspecified atom stereocenters. The zero-order valence-corrected chi connectivity index (χ0v) is 9.62. The van der Waals surface area contributed by atoms with E-state index in [0.29, 0.717) is 12.0 Å². The Hall–Kier alpha value is -0.830. The van der Waals surface area contributed by atoms with Gasteiger partial charge in [-0.15, -0.1) is 0 Å². The lowest BCUT2D eigenvalue weighted by Gasteiger charge is -2.20. The number of hydrogen-bond donors (Lipinski definition) is 1. The zero-order valence-electron chi connectivity index (χ0n) is 9.62. The predicted octanol–water partition coefficient (Wildman–Crippen LogP) is 2.21. The molecular formula is C11H21N3. The maximum Gasteiger partial charge on any atom is 0.0537 e. The van der Waals surface area contributed by atoms with Crippen LogP contribution in [-0.4, -0.2) is 16.3 Å². The van der Waals surface area contributed by atoms with Crippen LogP contribution >= 0.6 is 0 Å². The highest BCUT2D eigenvalue weighted by molar-refractivity contribution is 5.11. The van der Waals surface area contributed by atoms with Gasteiger partial charge in [0.15, 0.2) is 0 Å². The lowest BCUT2D eigenvalue weighted by atomic mass is 9.99. The van der Waals surface area contributed by atoms with Gasteiger partial charge >= 0.3 is 0 Å². The number of aromatic nitrogens is 2. The zero-order chi connectivity index (χ0) is 10.6. The number of nitrogens with one attached hydrogen (secondary N) is 1. The third-order valence-corrected chi connectivity index (χ3v) is 2.43. The highest BCUT2D eigenvalue weighted by Gasteiger charge is 2.15. The van der Waals surface area contributed by atoms with Gasteiger partial charge in [0, 0.05) is 24.3 Å². The van der Waals surface area contributed by atoms with Crippen LogP contribution in [0.4, 0.5) is 0 Å². The number of aryl methyl sites for hydroxylation is 1. The van der Waals surface area contributed by atoms with Crippen molar-refractivity contribution in [2.75, 3.05) is 6.54 Å². The molecule has 1 aromatic rings. The minimum atomic E-state index is 0.431. The van der Waals surface area contributed by atoms with Crippen LogP contribution in [0, 0.1) is 5.92 Å². The molecule has 0 saturated carbocycles. The molecule has 0 fully saturated rings. The van der Waals surface area contributed by atoms with Crippen molar-refractivity contribution in [1.82, 2.24) is 15.1 Å². The van der Waals surface area contributed by atoms with Crippen molar-refractivity contribution in [1.29, 1.82) is 0 Å². The molecule has 0 aliphatic rings. The van der Waals surface area contributed by atoms with E-state index < -0.39 is 0 Å². The van der Waals surface area contributed by atoms with Crippen LogP contribution in [0.25, 0.3) is 0 Å². The molecule has 80 valence electrons. The third kappa shape index (κ3) is 2.58. The molecule has 0 spiro atoms. The van der Waals surface area contributed by atoms with E-state index in [0.717, 1.165) is 13.1 Å². The van der Waals surface area contributed by atoms with Gasteiger partial charge < -0.3 is 5.32 Å². The van der Waals surface area contributed by atoms with E-state index in [1.807, 2.05) is 10.9 Å². The molecular weight excluding hydrogens is 174 g/mol. The molecule has 1 atom stereocenters. The SMILES string of the molecule is CCNC(c1cnn(CC)c1)C(C)C. The van der Waals surface area contributed by atoms with Crippen LogP contribution in [0.3, 0.4) is 0 Å². The average Bonchev–Trinajstić information content (AvgIpc) is 2.61. The first-order chi connectivity index (χ1) is 6.69. The average molecular weight is 195 g/mol. The van der Waals surface area contributed by atoms with Gasteiger partial charge in [0.1, 0.15) is 0 Å². The minimum Gasteiger partial charge on any atom is -0.310 e. The molecule has 3 heteroatoms. The summed E-state index contributed by atoms with van der Waals surface area (Å²) in [5.41, 5.74) is 1.30. The van der Waals surface area contributed by atoms with Crippen molar-refractivity contribution in [2.45, 2.75) is 40.3 Å². The molecule has 1 aromatic heterocycles. The van der Waals surface area contributed by atoms with Crippen LogP contribution in [0.2, 0.25) is 0 Å². The van der Waals surface area contributed by atoms with Gasteiger partial charge in [0.05, 0.1) is 6.20 Å². The lowest BCUT2D eigenvalue weighted by Crippen LogP contribution is -2.25. The second kappa shape index (κ2) is 5.15. The molecule has 0 radical (unpaired) electrons. The molecule has 14 heavy (non-hydrogen) atoms. The van der Waals surface area contributed by atoms with Gasteiger partial charge in [0.2, 0.25) is 0 Å². The normalized spacial score (nSPS) is 13.5. The summed E-state index contributed by atoms with van der Waals surface area (Å²) < 4.78 is 1.97. The Labute approximate surface area is 86.5 Å². The monoisotopic (exact) mass is 195 g/mol. The minimum absolute atomic E-state index is 0.431. The van der Waals surface area contributed by atoms with E-state index in [9.17, 15) is 0 Å². The van der Waals surface area contributed by atoms with Crippen molar-refractivity contribution < 1.29 is 0 Å². The largest absolute Gasteiger partial charge is 0.310 e. The Kier molecular flexibility index (Phi) is 4.14. The molecule has 0 aliphatic carbocycles. The van der Waals surface area contributed by atoms with Crippen molar-refractivity contribution in [3.63, 3.8) is 0 Å². The summed E-state index contributed by atoms with van der Waals surface area (Å²) in [4.78, 5) is 0. The van der Waals surface area contributed by atoms with Crippen LogP contribution in [0.1, 0.15) is 39.3 Å². The van der Waals surface area contributed by atoms with Crippen molar-refractivity contribution in [2.24, 2.45) is 5.92 Å². The maximum absolute atomic E-state index is 4.30. The molecule has 1 rings (SSSR count). The standard InChI is InChI=1S/C11H21N3/c1-5-12-11(9(3)4)10-7-13-14(6-2)8-10/h7-9,11-12H,5-6H2,1-4H3. The van der Waals surface area contributed by atoms with Crippen LogP contribution in [0.5, 0.6) is 0 Å². The Morgan fingerprint density at radius 1 is 1.43 bits per heavy atom. The molecule has 1 N–H and O–H groups in total. The van der Waals surface area contributed by atoms with Crippen molar-refractivity contribution >= 4 is 0 Å². The van der Waals surface area contributed by atoms with Gasteiger partial charge in [-0.25, -0.2) is 0 Å². The van der Waals surface area contributed by atoms with Gasteiger partial charge in [-0.1, -0.05) is 20.8 Å². The van der Waals surface area contributed by atoms with Crippen LogP contribution in [0.15, 0.2) is 12.4 Å². The predicted molar refractivity (Wildman–Crippen MR) is 59.2 cm³/mol. The first-order valence-electron chi connectivity index (χ1n) is 5.44. The van der Waals surface area contributed by atoms with Crippen LogP contribution in [-0.2, 0) is 6.54 Å². The molecule has 3 nitrogen and oxygen atoms in total. The van der Waals surface area contributed by atoms with Crippen molar-refractivity contribution in [3.05, 3.63) is 18.0 Å². The summed E-state index contributed by atoms with van der Waals surface area (Å²) in [6.45, 7) is 10.7. The Balaban J connectivity index is 2.76. The Bertz CT molecular complexity index is 265. The maximum atomic E-state index is 4.30. The molecule has 0 amide bonds. The second-order valence-electron chi connectivity index (χ2n) is 3.91. The van der Waals surface area contributed by atoms with E-state index in [-0.39, 0.29) is 0 Å². The Morgan fingerprint density at radius 2 is 2.14 bits per heavy atom. The second-order valence-corrected chi connectivity index (χ2v) is 3.91. The first-order valence-corrected chi connectivity index (χ1v) is 5.44. The quantitative estimate of drug-likeness (QED) is 0.780. The van der Waals surface area contributed by atoms with Gasteiger partial charge in [-0.2, -0.15) is 5.10 Å². The van der Waals surface area contributed by atoms with Gasteiger partial charge in [-0.3, -0.25) is 4.68 Å². The van der Waals surface area contributed by atoms with E-state index in [1.165, 1.54) is 5.56 Å². The van der Waals surface area contributed by atoms with E-state index in [1.54, 1.807) is 0 Å². The Morgan fingerprint density at radius 3 is 2.57 bits per heavy atom. The molecule has 0 saturated heterocycles. The summed E-state index contributed by atoms with van der Waals surface area (Å²) in [5.74, 6) is 0.601. The highest BCUT2D eigenvalue weighted by atomic mass is 15.3. The highest BCUT2D eigenvalue weighted by Crippen LogP contribution is 2.20. The smallest absolute Gasteiger partial charge is 0.0537 e.